The summed E-state index contributed by atoms with van der Waals surface area (Å²) in [4.78, 5) is 0. The van der Waals surface area contributed by atoms with Gasteiger partial charge in [-0.2, -0.15) is 0 Å². The average Bonchev–Trinajstić information content (AvgIpc) is 2.48. The van der Waals surface area contributed by atoms with E-state index in [1.165, 1.54) is 5.57 Å². The minimum Gasteiger partial charge on any atom is -0.242 e. The molecule has 0 aromatic rings. The van der Waals surface area contributed by atoms with Crippen molar-refractivity contribution in [3.63, 3.8) is 0 Å². The molecular formula is C19H33F. The first kappa shape index (κ1) is 17.5. The molecule has 0 bridgehead atoms. The van der Waals surface area contributed by atoms with E-state index in [-0.39, 0.29) is 16.2 Å². The molecule has 0 spiro atoms. The van der Waals surface area contributed by atoms with Gasteiger partial charge in [0.15, 0.2) is 0 Å². The summed E-state index contributed by atoms with van der Waals surface area (Å²) in [5.41, 5.74) is 0.918. The number of rotatable bonds is 6. The summed E-state index contributed by atoms with van der Waals surface area (Å²) < 4.78 is 15.0. The fraction of sp³-hybridized carbons (Fsp3) is 0.789. The summed E-state index contributed by atoms with van der Waals surface area (Å²) in [6.07, 6.45) is 9.50. The van der Waals surface area contributed by atoms with Gasteiger partial charge < -0.3 is 0 Å². The van der Waals surface area contributed by atoms with Crippen molar-refractivity contribution < 1.29 is 4.39 Å². The molecule has 1 aliphatic carbocycles. The summed E-state index contributed by atoms with van der Waals surface area (Å²) in [6, 6.07) is 0. The van der Waals surface area contributed by atoms with Crippen LogP contribution in [0.15, 0.2) is 23.8 Å². The summed E-state index contributed by atoms with van der Waals surface area (Å²) >= 11 is 0. The molecular weight excluding hydrogens is 247 g/mol. The molecule has 0 heterocycles. The van der Waals surface area contributed by atoms with E-state index in [1.54, 1.807) is 0 Å². The zero-order valence-corrected chi connectivity index (χ0v) is 14.5. The van der Waals surface area contributed by atoms with E-state index in [9.17, 15) is 0 Å². The van der Waals surface area contributed by atoms with Crippen LogP contribution in [-0.2, 0) is 0 Å². The van der Waals surface area contributed by atoms with Gasteiger partial charge in [0.25, 0.3) is 0 Å². The molecule has 0 fully saturated rings. The van der Waals surface area contributed by atoms with E-state index < -0.39 is 6.17 Å². The van der Waals surface area contributed by atoms with Gasteiger partial charge in [-0.1, -0.05) is 60.6 Å². The van der Waals surface area contributed by atoms with Crippen LogP contribution in [0.25, 0.3) is 0 Å². The molecule has 1 rings (SSSR count). The smallest absolute Gasteiger partial charge is 0.128 e. The maximum Gasteiger partial charge on any atom is 0.128 e. The predicted octanol–water partition coefficient (Wildman–Crippen LogP) is 6.48. The Hall–Kier alpha value is -0.590. The number of halogens is 1. The minimum atomic E-state index is -0.884. The van der Waals surface area contributed by atoms with E-state index in [2.05, 4.69) is 60.6 Å². The second-order valence-corrected chi connectivity index (χ2v) is 7.18. The lowest BCUT2D eigenvalue weighted by Gasteiger charge is -2.48. The largest absolute Gasteiger partial charge is 0.242 e. The van der Waals surface area contributed by atoms with E-state index in [0.717, 1.165) is 25.7 Å². The standard InChI is InChI=1S/C19H33F/c1-8-17(5,9-2)15-12-13-19(7,16(20)14-15)18(6,10-3)11-4/h12-14,16H,8-11H2,1-7H3. The number of hydrogen-bond donors (Lipinski definition) is 0. The molecule has 0 aromatic heterocycles. The van der Waals surface area contributed by atoms with Crippen molar-refractivity contribution in [2.45, 2.75) is 80.3 Å². The van der Waals surface area contributed by atoms with Crippen LogP contribution < -0.4 is 0 Å². The third kappa shape index (κ3) is 2.61. The Morgan fingerprint density at radius 2 is 1.55 bits per heavy atom. The Balaban J connectivity index is 3.16. The van der Waals surface area contributed by atoms with Gasteiger partial charge >= 0.3 is 0 Å². The van der Waals surface area contributed by atoms with Crippen LogP contribution in [0, 0.1) is 16.2 Å². The number of allylic oxidation sites excluding steroid dienone is 4. The molecule has 0 N–H and O–H groups in total. The van der Waals surface area contributed by atoms with Crippen molar-refractivity contribution in [3.05, 3.63) is 23.8 Å². The lowest BCUT2D eigenvalue weighted by molar-refractivity contribution is 0.0413. The fourth-order valence-corrected chi connectivity index (χ4v) is 3.35. The van der Waals surface area contributed by atoms with E-state index in [4.69, 9.17) is 0 Å². The van der Waals surface area contributed by atoms with Crippen molar-refractivity contribution in [1.29, 1.82) is 0 Å². The summed E-state index contributed by atoms with van der Waals surface area (Å²) in [6.45, 7) is 15.3. The Morgan fingerprint density at radius 1 is 1.05 bits per heavy atom. The maximum atomic E-state index is 15.0. The highest BCUT2D eigenvalue weighted by molar-refractivity contribution is 5.35. The molecule has 0 radical (unpaired) electrons. The molecule has 0 saturated heterocycles. The quantitative estimate of drug-likeness (QED) is 0.522. The predicted molar refractivity (Wildman–Crippen MR) is 87.6 cm³/mol. The van der Waals surface area contributed by atoms with Crippen molar-refractivity contribution in [3.8, 4) is 0 Å². The molecule has 116 valence electrons. The highest BCUT2D eigenvalue weighted by Crippen LogP contribution is 2.52. The van der Waals surface area contributed by atoms with Crippen molar-refractivity contribution in [1.82, 2.24) is 0 Å². The number of hydrogen-bond acceptors (Lipinski definition) is 0. The molecule has 1 aliphatic rings. The Morgan fingerprint density at radius 3 is 1.90 bits per heavy atom. The van der Waals surface area contributed by atoms with E-state index in [1.807, 2.05) is 6.08 Å². The van der Waals surface area contributed by atoms with Gasteiger partial charge in [-0.25, -0.2) is 4.39 Å². The molecule has 2 unspecified atom stereocenters. The lowest BCUT2D eigenvalue weighted by atomic mass is 9.57. The zero-order valence-electron chi connectivity index (χ0n) is 14.5. The second-order valence-electron chi connectivity index (χ2n) is 7.18. The van der Waals surface area contributed by atoms with Crippen LogP contribution in [0.5, 0.6) is 0 Å². The van der Waals surface area contributed by atoms with Gasteiger partial charge in [-0.15, -0.1) is 0 Å². The topological polar surface area (TPSA) is 0 Å². The highest BCUT2D eigenvalue weighted by atomic mass is 19.1. The molecule has 1 heteroatoms. The molecule has 0 amide bonds. The lowest BCUT2D eigenvalue weighted by Crippen LogP contribution is -2.43. The van der Waals surface area contributed by atoms with E-state index in [0.29, 0.717) is 0 Å². The van der Waals surface area contributed by atoms with Gasteiger partial charge in [0.1, 0.15) is 6.17 Å². The summed E-state index contributed by atoms with van der Waals surface area (Å²) in [5.74, 6) is 0. The Labute approximate surface area is 125 Å². The highest BCUT2D eigenvalue weighted by Gasteiger charge is 2.47. The van der Waals surface area contributed by atoms with Crippen LogP contribution in [-0.4, -0.2) is 6.17 Å². The summed E-state index contributed by atoms with van der Waals surface area (Å²) in [7, 11) is 0. The Kier molecular flexibility index (Phi) is 5.27. The second kappa shape index (κ2) is 6.03. The van der Waals surface area contributed by atoms with Crippen LogP contribution in [0.1, 0.15) is 74.1 Å². The van der Waals surface area contributed by atoms with Crippen LogP contribution in [0.3, 0.4) is 0 Å². The van der Waals surface area contributed by atoms with Gasteiger partial charge in [0, 0.05) is 5.41 Å². The molecule has 20 heavy (non-hydrogen) atoms. The number of alkyl halides is 1. The normalized spacial score (nSPS) is 27.6. The van der Waals surface area contributed by atoms with Gasteiger partial charge in [-0.3, -0.25) is 0 Å². The Bertz CT molecular complexity index is 383. The van der Waals surface area contributed by atoms with Gasteiger partial charge in [-0.05, 0) is 48.2 Å². The first-order valence-corrected chi connectivity index (χ1v) is 8.28. The van der Waals surface area contributed by atoms with Crippen LogP contribution in [0.2, 0.25) is 0 Å². The van der Waals surface area contributed by atoms with Crippen LogP contribution >= 0.6 is 0 Å². The first-order chi connectivity index (χ1) is 9.23. The molecule has 2 atom stereocenters. The molecule has 0 aromatic carbocycles. The third-order valence-electron chi connectivity index (χ3n) is 6.63. The van der Waals surface area contributed by atoms with Gasteiger partial charge in [0.2, 0.25) is 0 Å². The average molecular weight is 280 g/mol. The monoisotopic (exact) mass is 280 g/mol. The minimum absolute atomic E-state index is 0.0137. The van der Waals surface area contributed by atoms with E-state index >= 15 is 4.39 Å². The van der Waals surface area contributed by atoms with Crippen LogP contribution in [0.4, 0.5) is 4.39 Å². The zero-order chi connectivity index (χ0) is 15.6. The van der Waals surface area contributed by atoms with Crippen molar-refractivity contribution in [2.75, 3.05) is 0 Å². The third-order valence-corrected chi connectivity index (χ3v) is 6.63. The molecule has 0 saturated carbocycles. The SMILES string of the molecule is CCC(C)(CC)C1=CC(F)C(C)(C(C)(CC)CC)C=C1. The molecule has 0 nitrogen and oxygen atoms in total. The molecule has 0 aliphatic heterocycles. The summed E-state index contributed by atoms with van der Waals surface area (Å²) in [5, 5.41) is 0. The van der Waals surface area contributed by atoms with Crippen molar-refractivity contribution >= 4 is 0 Å². The van der Waals surface area contributed by atoms with Crippen molar-refractivity contribution in [2.24, 2.45) is 16.2 Å². The van der Waals surface area contributed by atoms with Gasteiger partial charge in [0.05, 0.1) is 0 Å². The first-order valence-electron chi connectivity index (χ1n) is 8.28. The maximum absolute atomic E-state index is 15.0. The fourth-order valence-electron chi connectivity index (χ4n) is 3.35.